The van der Waals surface area contributed by atoms with Crippen molar-refractivity contribution in [3.63, 3.8) is 0 Å². The quantitative estimate of drug-likeness (QED) is 0.603. The van der Waals surface area contributed by atoms with E-state index in [1.165, 1.54) is 12.1 Å². The highest BCUT2D eigenvalue weighted by atomic mass is 19.4. The fourth-order valence-corrected chi connectivity index (χ4v) is 1.37. The number of nitrogens with one attached hydrogen (secondary N) is 1. The summed E-state index contributed by atoms with van der Waals surface area (Å²) in [6, 6.07) is 4.51. The molecule has 15 heavy (non-hydrogen) atoms. The van der Waals surface area contributed by atoms with Crippen molar-refractivity contribution in [1.82, 2.24) is 5.43 Å². The zero-order valence-corrected chi connectivity index (χ0v) is 8.31. The molecule has 0 aliphatic heterocycles. The van der Waals surface area contributed by atoms with Crippen LogP contribution in [0.25, 0.3) is 0 Å². The molecule has 0 spiro atoms. The Kier molecular flexibility index (Phi) is 3.71. The van der Waals surface area contributed by atoms with Gasteiger partial charge in [0.15, 0.2) is 0 Å². The van der Waals surface area contributed by atoms with Crippen molar-refractivity contribution >= 4 is 0 Å². The van der Waals surface area contributed by atoms with Crippen molar-refractivity contribution in [2.75, 3.05) is 0 Å². The number of hydrazine groups is 1. The Labute approximate surface area is 86.2 Å². The second-order valence-corrected chi connectivity index (χ2v) is 3.24. The second kappa shape index (κ2) is 4.63. The first kappa shape index (κ1) is 12.0. The van der Waals surface area contributed by atoms with E-state index < -0.39 is 12.2 Å². The molecule has 0 saturated heterocycles. The Morgan fingerprint density at radius 3 is 2.53 bits per heavy atom. The van der Waals surface area contributed by atoms with E-state index in [9.17, 15) is 13.2 Å². The number of nitrogens with two attached hydrogens (primary N) is 1. The van der Waals surface area contributed by atoms with Crippen LogP contribution in [0.2, 0.25) is 0 Å². The van der Waals surface area contributed by atoms with E-state index in [2.05, 4.69) is 0 Å². The standard InChI is InChI=1S/C10H13F3N2/c1-2-7-4-3-5-8(6-7)9(15-14)10(11,12)13/h3-6,9,15H,2,14H2,1H3. The molecule has 0 bridgehead atoms. The fraction of sp³-hybridized carbons (Fsp3) is 0.400. The largest absolute Gasteiger partial charge is 0.409 e. The highest BCUT2D eigenvalue weighted by Gasteiger charge is 2.40. The van der Waals surface area contributed by atoms with Crippen LogP contribution in [0.5, 0.6) is 0 Å². The summed E-state index contributed by atoms with van der Waals surface area (Å²) in [6.45, 7) is 1.89. The van der Waals surface area contributed by atoms with Gasteiger partial charge in [0.2, 0.25) is 0 Å². The van der Waals surface area contributed by atoms with Gasteiger partial charge in [-0.05, 0) is 17.5 Å². The average Bonchev–Trinajstić information content (AvgIpc) is 2.17. The van der Waals surface area contributed by atoms with E-state index in [1.54, 1.807) is 17.6 Å². The maximum absolute atomic E-state index is 12.5. The number of benzene rings is 1. The van der Waals surface area contributed by atoms with E-state index in [0.29, 0.717) is 6.42 Å². The van der Waals surface area contributed by atoms with Gasteiger partial charge in [-0.3, -0.25) is 5.84 Å². The first-order chi connectivity index (χ1) is 6.99. The zero-order valence-electron chi connectivity index (χ0n) is 8.31. The van der Waals surface area contributed by atoms with Gasteiger partial charge >= 0.3 is 6.18 Å². The van der Waals surface area contributed by atoms with Gasteiger partial charge in [-0.15, -0.1) is 0 Å². The van der Waals surface area contributed by atoms with Crippen LogP contribution in [-0.4, -0.2) is 6.18 Å². The summed E-state index contributed by atoms with van der Waals surface area (Å²) < 4.78 is 37.5. The molecule has 0 saturated carbocycles. The molecule has 0 radical (unpaired) electrons. The summed E-state index contributed by atoms with van der Waals surface area (Å²) in [4.78, 5) is 0. The molecule has 2 nitrogen and oxygen atoms in total. The fourth-order valence-electron chi connectivity index (χ4n) is 1.37. The van der Waals surface area contributed by atoms with Crippen molar-refractivity contribution in [3.05, 3.63) is 35.4 Å². The third kappa shape index (κ3) is 2.94. The number of alkyl halides is 3. The predicted molar refractivity (Wildman–Crippen MR) is 51.9 cm³/mol. The van der Waals surface area contributed by atoms with Gasteiger partial charge in [0.25, 0.3) is 0 Å². The topological polar surface area (TPSA) is 38.0 Å². The minimum atomic E-state index is -4.37. The van der Waals surface area contributed by atoms with Crippen molar-refractivity contribution in [2.24, 2.45) is 5.84 Å². The molecule has 3 N–H and O–H groups in total. The SMILES string of the molecule is CCc1cccc(C(NN)C(F)(F)F)c1. The monoisotopic (exact) mass is 218 g/mol. The van der Waals surface area contributed by atoms with Crippen LogP contribution >= 0.6 is 0 Å². The molecule has 1 aromatic rings. The molecular weight excluding hydrogens is 205 g/mol. The van der Waals surface area contributed by atoms with Crippen LogP contribution in [-0.2, 0) is 6.42 Å². The summed E-state index contributed by atoms with van der Waals surface area (Å²) >= 11 is 0. The lowest BCUT2D eigenvalue weighted by Gasteiger charge is -2.20. The molecule has 1 rings (SSSR count). The molecule has 0 aliphatic carbocycles. The van der Waals surface area contributed by atoms with Gasteiger partial charge in [-0.1, -0.05) is 31.2 Å². The molecule has 5 heteroatoms. The van der Waals surface area contributed by atoms with E-state index in [0.717, 1.165) is 5.56 Å². The third-order valence-corrected chi connectivity index (χ3v) is 2.19. The van der Waals surface area contributed by atoms with Crippen LogP contribution < -0.4 is 11.3 Å². The predicted octanol–water partition coefficient (Wildman–Crippen LogP) is 2.32. The summed E-state index contributed by atoms with van der Waals surface area (Å²) in [6.07, 6.45) is -3.68. The van der Waals surface area contributed by atoms with Gasteiger partial charge in [0, 0.05) is 0 Å². The highest BCUT2D eigenvalue weighted by molar-refractivity contribution is 5.26. The highest BCUT2D eigenvalue weighted by Crippen LogP contribution is 2.32. The number of halogens is 3. The van der Waals surface area contributed by atoms with Gasteiger partial charge < -0.3 is 0 Å². The number of hydrogen-bond donors (Lipinski definition) is 2. The van der Waals surface area contributed by atoms with Crippen molar-refractivity contribution in [1.29, 1.82) is 0 Å². The van der Waals surface area contributed by atoms with Gasteiger partial charge in [-0.2, -0.15) is 13.2 Å². The Bertz CT molecular complexity index is 323. The normalized spacial score (nSPS) is 13.9. The number of hydrogen-bond acceptors (Lipinski definition) is 2. The lowest BCUT2D eigenvalue weighted by molar-refractivity contribution is -0.157. The molecule has 0 fully saturated rings. The van der Waals surface area contributed by atoms with Crippen molar-refractivity contribution in [3.8, 4) is 0 Å². The van der Waals surface area contributed by atoms with E-state index >= 15 is 0 Å². The third-order valence-electron chi connectivity index (χ3n) is 2.19. The van der Waals surface area contributed by atoms with Crippen LogP contribution in [0.3, 0.4) is 0 Å². The molecule has 1 unspecified atom stereocenters. The van der Waals surface area contributed by atoms with Crippen LogP contribution in [0, 0.1) is 0 Å². The van der Waals surface area contributed by atoms with Gasteiger partial charge in [-0.25, -0.2) is 5.43 Å². The molecule has 0 aromatic heterocycles. The van der Waals surface area contributed by atoms with Crippen molar-refractivity contribution < 1.29 is 13.2 Å². The minimum absolute atomic E-state index is 0.143. The first-order valence-corrected chi connectivity index (χ1v) is 4.60. The number of aryl methyl sites for hydroxylation is 1. The molecule has 0 aliphatic rings. The smallest absolute Gasteiger partial charge is 0.271 e. The van der Waals surface area contributed by atoms with Gasteiger partial charge in [0.1, 0.15) is 6.04 Å². The Hall–Kier alpha value is -1.07. The Balaban J connectivity index is 3.02. The first-order valence-electron chi connectivity index (χ1n) is 4.60. The van der Waals surface area contributed by atoms with E-state index in [4.69, 9.17) is 5.84 Å². The summed E-state index contributed by atoms with van der Waals surface area (Å²) in [5.74, 6) is 4.91. The Morgan fingerprint density at radius 2 is 2.07 bits per heavy atom. The maximum atomic E-state index is 12.5. The van der Waals surface area contributed by atoms with Gasteiger partial charge in [0.05, 0.1) is 0 Å². The zero-order chi connectivity index (χ0) is 11.5. The van der Waals surface area contributed by atoms with Crippen LogP contribution in [0.15, 0.2) is 24.3 Å². The van der Waals surface area contributed by atoms with Crippen molar-refractivity contribution in [2.45, 2.75) is 25.6 Å². The molecule has 0 amide bonds. The van der Waals surface area contributed by atoms with E-state index in [-0.39, 0.29) is 5.56 Å². The second-order valence-electron chi connectivity index (χ2n) is 3.24. The summed E-state index contributed by atoms with van der Waals surface area (Å²) in [5, 5.41) is 0. The number of rotatable bonds is 3. The molecule has 84 valence electrons. The summed E-state index contributed by atoms with van der Waals surface area (Å²) in [7, 11) is 0. The molecular formula is C10H13F3N2. The summed E-state index contributed by atoms with van der Waals surface area (Å²) in [5.41, 5.74) is 2.79. The Morgan fingerprint density at radius 1 is 1.40 bits per heavy atom. The van der Waals surface area contributed by atoms with Crippen LogP contribution in [0.1, 0.15) is 24.1 Å². The average molecular weight is 218 g/mol. The molecule has 0 heterocycles. The lowest BCUT2D eigenvalue weighted by Crippen LogP contribution is -2.38. The lowest BCUT2D eigenvalue weighted by atomic mass is 10.0. The minimum Gasteiger partial charge on any atom is -0.271 e. The van der Waals surface area contributed by atoms with E-state index in [1.807, 2.05) is 6.92 Å². The maximum Gasteiger partial charge on any atom is 0.409 e. The molecule has 1 atom stereocenters. The van der Waals surface area contributed by atoms with Crippen LogP contribution in [0.4, 0.5) is 13.2 Å². The molecule has 1 aromatic carbocycles.